The van der Waals surface area contributed by atoms with E-state index in [1.807, 2.05) is 0 Å². The monoisotopic (exact) mass is 777 g/mol. The molecule has 0 aliphatic heterocycles. The van der Waals surface area contributed by atoms with Crippen molar-refractivity contribution in [2.45, 2.75) is 6.54 Å². The molecule has 12 rings (SSSR count). The summed E-state index contributed by atoms with van der Waals surface area (Å²) in [6.07, 6.45) is 0. The lowest BCUT2D eigenvalue weighted by atomic mass is 9.93. The normalized spacial score (nSPS) is 11.7. The first-order valence-electron chi connectivity index (χ1n) is 21.0. The maximum Gasteiger partial charge on any atom is 0.143 e. The topological polar surface area (TPSA) is 16.4 Å². The van der Waals surface area contributed by atoms with Crippen LogP contribution in [0.2, 0.25) is 0 Å². The van der Waals surface area contributed by atoms with Crippen LogP contribution in [0.4, 0.5) is 11.4 Å². The molecule has 0 bridgehead atoms. The fraction of sp³-hybridized carbons (Fsp3) is 0.0169. The quantitative estimate of drug-likeness (QED) is 0.150. The number of nitrogens with zero attached hydrogens (tertiary/aromatic N) is 1. The maximum absolute atomic E-state index is 6.86. The number of rotatable bonds is 7. The molecule has 0 amide bonds. The zero-order valence-corrected chi connectivity index (χ0v) is 33.4. The van der Waals surface area contributed by atoms with Crippen LogP contribution in [-0.2, 0) is 6.54 Å². The van der Waals surface area contributed by atoms with Crippen molar-refractivity contribution in [3.8, 4) is 33.4 Å². The van der Waals surface area contributed by atoms with Gasteiger partial charge in [0.15, 0.2) is 0 Å². The molecule has 61 heavy (non-hydrogen) atoms. The summed E-state index contributed by atoms with van der Waals surface area (Å²) in [5.74, 6) is 0. The third-order valence-electron chi connectivity index (χ3n) is 12.5. The van der Waals surface area contributed by atoms with Gasteiger partial charge in [-0.25, -0.2) is 0 Å². The van der Waals surface area contributed by atoms with Gasteiger partial charge in [0.25, 0.3) is 0 Å². The average Bonchev–Trinajstić information content (AvgIpc) is 3.73. The molecule has 0 aliphatic carbocycles. The Balaban J connectivity index is 0.975. The summed E-state index contributed by atoms with van der Waals surface area (Å²) in [6, 6.07) is 81.5. The molecule has 0 spiro atoms. The van der Waals surface area contributed by atoms with E-state index in [0.717, 1.165) is 49.8 Å². The third-order valence-corrected chi connectivity index (χ3v) is 12.5. The highest BCUT2D eigenvalue weighted by atomic mass is 16.3. The molecule has 0 saturated heterocycles. The Kier molecular flexibility index (Phi) is 8.28. The van der Waals surface area contributed by atoms with Crippen molar-refractivity contribution in [3.05, 3.63) is 230 Å². The summed E-state index contributed by atoms with van der Waals surface area (Å²) in [6.45, 7) is 0.656. The van der Waals surface area contributed by atoms with E-state index in [9.17, 15) is 0 Å². The highest BCUT2D eigenvalue weighted by Gasteiger charge is 2.19. The molecule has 0 atom stereocenters. The molecule has 0 saturated carbocycles. The van der Waals surface area contributed by atoms with Gasteiger partial charge in [-0.3, -0.25) is 0 Å². The van der Waals surface area contributed by atoms with Crippen molar-refractivity contribution in [3.63, 3.8) is 0 Å². The summed E-state index contributed by atoms with van der Waals surface area (Å²) in [4.78, 5) is 2.44. The molecule has 0 fully saturated rings. The van der Waals surface area contributed by atoms with Crippen molar-refractivity contribution >= 4 is 76.4 Å². The van der Waals surface area contributed by atoms with Crippen molar-refractivity contribution in [1.29, 1.82) is 0 Å². The Morgan fingerprint density at radius 2 is 0.852 bits per heavy atom. The Bertz CT molecular complexity index is 3620. The van der Waals surface area contributed by atoms with Crippen LogP contribution in [0.5, 0.6) is 0 Å². The van der Waals surface area contributed by atoms with E-state index >= 15 is 0 Å². The van der Waals surface area contributed by atoms with Gasteiger partial charge in [-0.05, 0) is 114 Å². The fourth-order valence-electron chi connectivity index (χ4n) is 9.48. The third kappa shape index (κ3) is 6.03. The highest BCUT2D eigenvalue weighted by Crippen LogP contribution is 2.42. The predicted molar refractivity (Wildman–Crippen MR) is 259 cm³/mol. The first-order valence-corrected chi connectivity index (χ1v) is 21.0. The van der Waals surface area contributed by atoms with Gasteiger partial charge in [0.1, 0.15) is 11.2 Å². The molecule has 0 radical (unpaired) electrons. The second kappa shape index (κ2) is 14.4. The summed E-state index contributed by atoms with van der Waals surface area (Å²) in [5, 5.41) is 12.1. The Hall–Kier alpha value is -7.94. The molecule has 0 unspecified atom stereocenters. The van der Waals surface area contributed by atoms with E-state index in [-0.39, 0.29) is 0 Å². The number of para-hydroxylation sites is 1. The van der Waals surface area contributed by atoms with Crippen LogP contribution in [0.3, 0.4) is 0 Å². The van der Waals surface area contributed by atoms with Gasteiger partial charge >= 0.3 is 0 Å². The SMILES string of the molecule is c1ccc(-c2cccc3c2oc2c4ccccc4ccc32)c(CN(c2ccc(-c3ccc4ccccc4c3)cc2)c2ccc(-c3cc4ccccc4c4ccccc34)cc2)c1. The van der Waals surface area contributed by atoms with Crippen LogP contribution in [0.25, 0.3) is 98.4 Å². The van der Waals surface area contributed by atoms with Crippen molar-refractivity contribution in [1.82, 2.24) is 0 Å². The smallest absolute Gasteiger partial charge is 0.143 e. The number of benzene rings is 11. The van der Waals surface area contributed by atoms with E-state index in [2.05, 4.69) is 229 Å². The first kappa shape index (κ1) is 35.0. The van der Waals surface area contributed by atoms with E-state index in [0.29, 0.717) is 6.54 Å². The lowest BCUT2D eigenvalue weighted by Gasteiger charge is -2.27. The largest absolute Gasteiger partial charge is 0.455 e. The second-order valence-electron chi connectivity index (χ2n) is 16.0. The molecule has 11 aromatic carbocycles. The van der Waals surface area contributed by atoms with Crippen LogP contribution in [0.15, 0.2) is 229 Å². The molecule has 2 nitrogen and oxygen atoms in total. The van der Waals surface area contributed by atoms with Crippen molar-refractivity contribution in [2.24, 2.45) is 0 Å². The van der Waals surface area contributed by atoms with E-state index in [4.69, 9.17) is 4.42 Å². The average molecular weight is 778 g/mol. The maximum atomic E-state index is 6.86. The van der Waals surface area contributed by atoms with Crippen LogP contribution >= 0.6 is 0 Å². The van der Waals surface area contributed by atoms with Crippen LogP contribution in [0, 0.1) is 0 Å². The van der Waals surface area contributed by atoms with Gasteiger partial charge in [0.2, 0.25) is 0 Å². The summed E-state index contributed by atoms with van der Waals surface area (Å²) in [5.41, 5.74) is 12.4. The number of furan rings is 1. The fourth-order valence-corrected chi connectivity index (χ4v) is 9.48. The summed E-state index contributed by atoms with van der Waals surface area (Å²) >= 11 is 0. The van der Waals surface area contributed by atoms with Crippen LogP contribution in [0.1, 0.15) is 5.56 Å². The first-order chi connectivity index (χ1) is 30.2. The van der Waals surface area contributed by atoms with Gasteiger partial charge in [-0.1, -0.05) is 182 Å². The van der Waals surface area contributed by atoms with Crippen LogP contribution < -0.4 is 4.90 Å². The molecule has 1 aromatic heterocycles. The minimum absolute atomic E-state index is 0.656. The number of hydrogen-bond acceptors (Lipinski definition) is 2. The molecule has 286 valence electrons. The van der Waals surface area contributed by atoms with Gasteiger partial charge in [-0.15, -0.1) is 0 Å². The zero-order valence-electron chi connectivity index (χ0n) is 33.4. The minimum Gasteiger partial charge on any atom is -0.455 e. The molecular formula is C59H39NO. The summed E-state index contributed by atoms with van der Waals surface area (Å²) in [7, 11) is 0. The van der Waals surface area contributed by atoms with E-state index in [1.165, 1.54) is 65.5 Å². The van der Waals surface area contributed by atoms with E-state index < -0.39 is 0 Å². The highest BCUT2D eigenvalue weighted by molar-refractivity contribution is 6.17. The standard InChI is InChI=1S/C59H39NO/c1-2-14-43-36-44(25-24-39(43)12-1)40-26-31-47(32-27-40)60(48-33-28-42(29-34-48)57-37-45-15-4-6-17-49(45)52-20-9-10-21-53(52)57)38-46-16-5-7-18-50(46)54-22-11-23-55-56-35-30-41-13-3-8-19-51(41)58(56)61-59(54)55/h1-37H,38H2. The molecule has 12 aromatic rings. The van der Waals surface area contributed by atoms with E-state index in [1.54, 1.807) is 0 Å². The van der Waals surface area contributed by atoms with Gasteiger partial charge in [0, 0.05) is 39.6 Å². The molecular weight excluding hydrogens is 739 g/mol. The zero-order chi connectivity index (χ0) is 40.3. The molecule has 0 N–H and O–H groups in total. The Morgan fingerprint density at radius 1 is 0.295 bits per heavy atom. The van der Waals surface area contributed by atoms with Gasteiger partial charge in [0.05, 0.1) is 0 Å². The Labute approximate surface area is 354 Å². The number of anilines is 2. The minimum atomic E-state index is 0.656. The van der Waals surface area contributed by atoms with Crippen molar-refractivity contribution in [2.75, 3.05) is 4.90 Å². The van der Waals surface area contributed by atoms with Gasteiger partial charge < -0.3 is 9.32 Å². The predicted octanol–water partition coefficient (Wildman–Crippen LogP) is 16.5. The second-order valence-corrected chi connectivity index (χ2v) is 16.0. The van der Waals surface area contributed by atoms with Crippen molar-refractivity contribution < 1.29 is 4.42 Å². The lowest BCUT2D eigenvalue weighted by molar-refractivity contribution is 0.673. The summed E-state index contributed by atoms with van der Waals surface area (Å²) < 4.78 is 6.86. The lowest BCUT2D eigenvalue weighted by Crippen LogP contribution is -2.17. The molecule has 0 aliphatic rings. The Morgan fingerprint density at radius 3 is 1.66 bits per heavy atom. The van der Waals surface area contributed by atoms with Crippen LogP contribution in [-0.4, -0.2) is 0 Å². The number of hydrogen-bond donors (Lipinski definition) is 0. The van der Waals surface area contributed by atoms with Gasteiger partial charge in [-0.2, -0.15) is 0 Å². The number of fused-ring (bicyclic) bond motifs is 9. The molecule has 1 heterocycles. The molecule has 2 heteroatoms.